The Hall–Kier alpha value is -3.53. The summed E-state index contributed by atoms with van der Waals surface area (Å²) < 4.78 is 6.16. The van der Waals surface area contributed by atoms with Gasteiger partial charge >= 0.3 is 0 Å². The number of nitrogens with zero attached hydrogens (tertiary/aromatic N) is 2. The summed E-state index contributed by atoms with van der Waals surface area (Å²) in [6.45, 7) is 18.7. The largest absolute Gasteiger partial charge is 0.443 e. The fraction of sp³-hybridized carbons (Fsp3) is 0.441. The molecule has 0 radical (unpaired) electrons. The van der Waals surface area contributed by atoms with Crippen LogP contribution < -0.4 is 21.3 Å². The third-order valence-corrected chi connectivity index (χ3v) is 5.83. The fourth-order valence-electron chi connectivity index (χ4n) is 4.04. The minimum absolute atomic E-state index is 0.0762. The molecule has 0 aliphatic carbocycles. The van der Waals surface area contributed by atoms with Crippen LogP contribution in [0.25, 0.3) is 0 Å². The van der Waals surface area contributed by atoms with Gasteiger partial charge < -0.3 is 20.6 Å². The smallest absolute Gasteiger partial charge is 0.197 e. The molecule has 40 heavy (non-hydrogen) atoms. The molecule has 5 N–H and O–H groups in total. The topological polar surface area (TPSA) is 97.1 Å². The number of anilines is 2. The van der Waals surface area contributed by atoms with Crippen molar-refractivity contribution in [2.75, 3.05) is 17.3 Å². The van der Waals surface area contributed by atoms with E-state index in [0.717, 1.165) is 42.6 Å². The first-order chi connectivity index (χ1) is 19.1. The number of hydrogen-bond acceptors (Lipinski definition) is 6. The standard InChI is InChI=1S/C29H42N4O2.C3H4.C2H6/c1-6-9-15-23(8-3)32-28(20-27(34)22-13-11-10-12-14-22)35-24-16-17-26(25(30)19-24)33(31)21-29(4,5)18-7-2;1-3-2;1-2/h6,8,10-14,16-17,19,27,34H,1,7,9,15,18,20-21,30-31H2,2-5H3;1H,2H3;1-2H3/b23-8-,32-28?;;. The number of terminal acetylenes is 1. The molecule has 0 saturated carbocycles. The van der Waals surface area contributed by atoms with Crippen molar-refractivity contribution in [2.45, 2.75) is 86.7 Å². The Kier molecular flexibility index (Phi) is 18.6. The van der Waals surface area contributed by atoms with Crippen LogP contribution in [0.3, 0.4) is 0 Å². The van der Waals surface area contributed by atoms with Crippen LogP contribution in [-0.2, 0) is 0 Å². The maximum atomic E-state index is 10.8. The van der Waals surface area contributed by atoms with E-state index in [1.165, 1.54) is 0 Å². The van der Waals surface area contributed by atoms with Gasteiger partial charge in [-0.1, -0.05) is 83.5 Å². The lowest BCUT2D eigenvalue weighted by molar-refractivity contribution is 0.181. The number of aliphatic hydroxyl groups excluding tert-OH is 1. The van der Waals surface area contributed by atoms with Gasteiger partial charge in [0.15, 0.2) is 5.90 Å². The van der Waals surface area contributed by atoms with E-state index in [2.05, 4.69) is 39.7 Å². The summed E-state index contributed by atoms with van der Waals surface area (Å²) in [6, 6.07) is 15.0. The van der Waals surface area contributed by atoms with Crippen LogP contribution in [0.1, 0.15) is 92.2 Å². The van der Waals surface area contributed by atoms with E-state index in [0.29, 0.717) is 23.9 Å². The summed E-state index contributed by atoms with van der Waals surface area (Å²) in [4.78, 5) is 4.72. The fourth-order valence-corrected chi connectivity index (χ4v) is 4.04. The van der Waals surface area contributed by atoms with Gasteiger partial charge in [-0.05, 0) is 56.2 Å². The SMILES string of the molecule is C#CC.C=CCC/C(=C/C)N=C(CC(O)c1ccccc1)Oc1ccc(N(N)CC(C)(C)CCC)c(N)c1.CC. The molecular weight excluding hydrogens is 496 g/mol. The first-order valence-electron chi connectivity index (χ1n) is 14.1. The number of allylic oxidation sites excluding steroid dienone is 3. The monoisotopic (exact) mass is 548 g/mol. The number of nitrogen functional groups attached to an aromatic ring is 1. The third-order valence-electron chi connectivity index (χ3n) is 5.83. The predicted molar refractivity (Wildman–Crippen MR) is 174 cm³/mol. The average molecular weight is 549 g/mol. The molecule has 0 saturated heterocycles. The maximum Gasteiger partial charge on any atom is 0.197 e. The van der Waals surface area contributed by atoms with Gasteiger partial charge in [-0.25, -0.2) is 10.8 Å². The summed E-state index contributed by atoms with van der Waals surface area (Å²) in [5.74, 6) is 9.58. The molecular formula is C34H52N4O2. The van der Waals surface area contributed by atoms with Crippen molar-refractivity contribution in [1.82, 2.24) is 0 Å². The number of aliphatic imine (C=N–C) groups is 1. The van der Waals surface area contributed by atoms with Crippen molar-refractivity contribution in [3.8, 4) is 18.1 Å². The molecule has 2 aromatic carbocycles. The second-order valence-electron chi connectivity index (χ2n) is 9.90. The normalized spacial score (nSPS) is 12.1. The van der Waals surface area contributed by atoms with Gasteiger partial charge in [-0.3, -0.25) is 0 Å². The van der Waals surface area contributed by atoms with Crippen LogP contribution in [0.4, 0.5) is 11.4 Å². The van der Waals surface area contributed by atoms with Gasteiger partial charge in [-0.2, -0.15) is 0 Å². The molecule has 0 bridgehead atoms. The molecule has 0 aliphatic heterocycles. The van der Waals surface area contributed by atoms with Gasteiger partial charge in [0.25, 0.3) is 0 Å². The van der Waals surface area contributed by atoms with E-state index >= 15 is 0 Å². The van der Waals surface area contributed by atoms with Crippen molar-refractivity contribution in [2.24, 2.45) is 16.3 Å². The lowest BCUT2D eigenvalue weighted by Gasteiger charge is -2.31. The van der Waals surface area contributed by atoms with E-state index < -0.39 is 6.10 Å². The molecule has 1 unspecified atom stereocenters. The van der Waals surface area contributed by atoms with Crippen molar-refractivity contribution in [3.63, 3.8) is 0 Å². The molecule has 0 heterocycles. The van der Waals surface area contributed by atoms with Gasteiger partial charge in [0, 0.05) is 18.3 Å². The number of nitrogens with two attached hydrogens (primary N) is 2. The lowest BCUT2D eigenvalue weighted by Crippen LogP contribution is -2.39. The summed E-state index contributed by atoms with van der Waals surface area (Å²) in [5.41, 5.74) is 9.40. The Balaban J connectivity index is 0.00000284. The maximum absolute atomic E-state index is 10.8. The highest BCUT2D eigenvalue weighted by Crippen LogP contribution is 2.31. The summed E-state index contributed by atoms with van der Waals surface area (Å²) >= 11 is 0. The number of hydrogen-bond donors (Lipinski definition) is 3. The van der Waals surface area contributed by atoms with Crippen LogP contribution in [0.15, 0.2) is 78.0 Å². The Morgan fingerprint density at radius 3 is 2.38 bits per heavy atom. The second-order valence-corrected chi connectivity index (χ2v) is 9.90. The molecule has 0 aliphatic rings. The summed E-state index contributed by atoms with van der Waals surface area (Å²) in [6.07, 6.45) is 11.6. The van der Waals surface area contributed by atoms with Crippen molar-refractivity contribution in [1.29, 1.82) is 0 Å². The van der Waals surface area contributed by atoms with Crippen molar-refractivity contribution < 1.29 is 9.84 Å². The van der Waals surface area contributed by atoms with Crippen LogP contribution in [0.5, 0.6) is 5.75 Å². The first kappa shape index (κ1) is 36.5. The van der Waals surface area contributed by atoms with Crippen LogP contribution >= 0.6 is 0 Å². The van der Waals surface area contributed by atoms with Crippen LogP contribution in [-0.4, -0.2) is 17.5 Å². The average Bonchev–Trinajstić information content (AvgIpc) is 2.92. The Labute approximate surface area is 243 Å². The third kappa shape index (κ3) is 14.0. The van der Waals surface area contributed by atoms with E-state index in [-0.39, 0.29) is 11.8 Å². The van der Waals surface area contributed by atoms with Crippen molar-refractivity contribution in [3.05, 3.63) is 78.5 Å². The van der Waals surface area contributed by atoms with Gasteiger partial charge in [-0.15, -0.1) is 18.9 Å². The number of aliphatic hydroxyl groups is 1. The molecule has 6 heteroatoms. The van der Waals surface area contributed by atoms with Crippen LogP contribution in [0.2, 0.25) is 0 Å². The highest BCUT2D eigenvalue weighted by molar-refractivity contribution is 5.81. The molecule has 0 fully saturated rings. The quantitative estimate of drug-likeness (QED) is 0.0446. The molecule has 0 aromatic heterocycles. The van der Waals surface area contributed by atoms with Gasteiger partial charge in [0.05, 0.1) is 23.9 Å². The summed E-state index contributed by atoms with van der Waals surface area (Å²) in [5, 5.41) is 12.5. The van der Waals surface area contributed by atoms with Crippen molar-refractivity contribution >= 4 is 17.3 Å². The predicted octanol–water partition coefficient (Wildman–Crippen LogP) is 8.21. The Bertz CT molecular complexity index is 1080. The number of ether oxygens (including phenoxy) is 1. The van der Waals surface area contributed by atoms with E-state index in [1.807, 2.05) is 75.4 Å². The van der Waals surface area contributed by atoms with E-state index in [9.17, 15) is 5.11 Å². The number of rotatable bonds is 13. The lowest BCUT2D eigenvalue weighted by atomic mass is 9.88. The zero-order valence-electron chi connectivity index (χ0n) is 25.8. The number of hydrazine groups is 1. The molecule has 1 atom stereocenters. The Morgan fingerprint density at radius 1 is 1.23 bits per heavy atom. The first-order valence-corrected chi connectivity index (χ1v) is 14.1. The second kappa shape index (κ2) is 20.4. The van der Waals surface area contributed by atoms with E-state index in [1.54, 1.807) is 18.0 Å². The van der Waals surface area contributed by atoms with Gasteiger partial charge in [0.1, 0.15) is 5.75 Å². The number of benzene rings is 2. The van der Waals surface area contributed by atoms with Crippen LogP contribution in [0, 0.1) is 17.8 Å². The minimum Gasteiger partial charge on any atom is -0.443 e. The molecule has 0 amide bonds. The highest BCUT2D eigenvalue weighted by Gasteiger charge is 2.21. The molecule has 2 aromatic rings. The molecule has 0 spiro atoms. The zero-order chi connectivity index (χ0) is 30.6. The molecule has 2 rings (SSSR count). The molecule has 6 nitrogen and oxygen atoms in total. The highest BCUT2D eigenvalue weighted by atomic mass is 16.5. The minimum atomic E-state index is -0.746. The summed E-state index contributed by atoms with van der Waals surface area (Å²) in [7, 11) is 0. The van der Waals surface area contributed by atoms with Gasteiger partial charge in [0.2, 0.25) is 0 Å². The zero-order valence-corrected chi connectivity index (χ0v) is 25.8. The van der Waals surface area contributed by atoms with E-state index in [4.69, 9.17) is 21.3 Å². The molecule has 220 valence electrons. The Morgan fingerprint density at radius 2 is 1.85 bits per heavy atom.